The molecule has 1 saturated heterocycles. The monoisotopic (exact) mass is 361 g/mol. The normalized spacial score (nSPS) is 16.8. The van der Waals surface area contributed by atoms with Crippen molar-refractivity contribution in [1.29, 1.82) is 0 Å². The third kappa shape index (κ3) is 5.11. The summed E-state index contributed by atoms with van der Waals surface area (Å²) in [5, 5.41) is 4.19. The molecule has 5 heteroatoms. The van der Waals surface area contributed by atoms with Gasteiger partial charge in [0, 0.05) is 30.3 Å². The lowest BCUT2D eigenvalue weighted by molar-refractivity contribution is 0.110. The van der Waals surface area contributed by atoms with Gasteiger partial charge in [-0.3, -0.25) is 0 Å². The summed E-state index contributed by atoms with van der Waals surface area (Å²) in [7, 11) is 1.66. The molecule has 2 aromatic carbocycles. The molecule has 25 heavy (non-hydrogen) atoms. The van der Waals surface area contributed by atoms with Crippen molar-refractivity contribution < 1.29 is 14.2 Å². The number of hydrogen-bond donors (Lipinski definition) is 1. The number of para-hydroxylation sites is 1. The van der Waals surface area contributed by atoms with Crippen LogP contribution in [0.2, 0.25) is 5.02 Å². The van der Waals surface area contributed by atoms with E-state index in [-0.39, 0.29) is 0 Å². The van der Waals surface area contributed by atoms with Crippen molar-refractivity contribution in [2.75, 3.05) is 20.3 Å². The first-order valence-corrected chi connectivity index (χ1v) is 8.99. The molecule has 0 unspecified atom stereocenters. The molecule has 1 heterocycles. The van der Waals surface area contributed by atoms with Crippen molar-refractivity contribution in [3.05, 3.63) is 58.6 Å². The lowest BCUT2D eigenvalue weighted by atomic mass is 10.1. The van der Waals surface area contributed by atoms with Crippen molar-refractivity contribution in [3.63, 3.8) is 0 Å². The summed E-state index contributed by atoms with van der Waals surface area (Å²) in [6.07, 6.45) is 2.61. The van der Waals surface area contributed by atoms with Crippen LogP contribution >= 0.6 is 11.6 Å². The van der Waals surface area contributed by atoms with Gasteiger partial charge < -0.3 is 19.5 Å². The summed E-state index contributed by atoms with van der Waals surface area (Å²) >= 11 is 5.93. The van der Waals surface area contributed by atoms with Crippen molar-refractivity contribution in [2.24, 2.45) is 0 Å². The van der Waals surface area contributed by atoms with Crippen LogP contribution in [0.3, 0.4) is 0 Å². The second kappa shape index (κ2) is 9.09. The molecule has 3 rings (SSSR count). The molecule has 0 bridgehead atoms. The fraction of sp³-hybridized carbons (Fsp3) is 0.400. The third-order valence-electron chi connectivity index (χ3n) is 4.29. The summed E-state index contributed by atoms with van der Waals surface area (Å²) in [5.41, 5.74) is 2.14. The maximum absolute atomic E-state index is 6.07. The van der Waals surface area contributed by atoms with Crippen LogP contribution in [0.4, 0.5) is 0 Å². The Labute approximate surface area is 154 Å². The highest BCUT2D eigenvalue weighted by Crippen LogP contribution is 2.32. The predicted octanol–water partition coefficient (Wildman–Crippen LogP) is 4.20. The number of hydrogen-bond acceptors (Lipinski definition) is 4. The summed E-state index contributed by atoms with van der Waals surface area (Å²) < 4.78 is 17.2. The standard InChI is InChI=1S/C20H24ClNO3/c1-23-19-6-2-4-16(12-22-13-18-5-3-11-24-18)20(19)25-14-15-7-9-17(21)10-8-15/h2,4,6-10,18,22H,3,5,11-14H2,1H3/t18-/m1/s1. The quantitative estimate of drug-likeness (QED) is 0.765. The Balaban J connectivity index is 1.64. The van der Waals surface area contributed by atoms with E-state index in [1.807, 2.05) is 36.4 Å². The summed E-state index contributed by atoms with van der Waals surface area (Å²) in [5.74, 6) is 1.52. The maximum Gasteiger partial charge on any atom is 0.166 e. The topological polar surface area (TPSA) is 39.7 Å². The fourth-order valence-electron chi connectivity index (χ4n) is 2.93. The van der Waals surface area contributed by atoms with Crippen molar-refractivity contribution in [1.82, 2.24) is 5.32 Å². The molecular weight excluding hydrogens is 338 g/mol. The van der Waals surface area contributed by atoms with Crippen LogP contribution in [-0.4, -0.2) is 26.4 Å². The van der Waals surface area contributed by atoms with Crippen LogP contribution in [0, 0.1) is 0 Å². The highest BCUT2D eigenvalue weighted by atomic mass is 35.5. The number of methoxy groups -OCH3 is 1. The fourth-order valence-corrected chi connectivity index (χ4v) is 3.06. The molecule has 4 nitrogen and oxygen atoms in total. The highest BCUT2D eigenvalue weighted by molar-refractivity contribution is 6.30. The molecule has 1 aliphatic rings. The third-order valence-corrected chi connectivity index (χ3v) is 4.54. The zero-order valence-corrected chi connectivity index (χ0v) is 15.2. The van der Waals surface area contributed by atoms with E-state index in [1.165, 1.54) is 0 Å². The van der Waals surface area contributed by atoms with E-state index in [1.54, 1.807) is 7.11 Å². The SMILES string of the molecule is COc1cccc(CNC[C@H]2CCCO2)c1OCc1ccc(Cl)cc1. The Bertz CT molecular complexity index is 669. The van der Waals surface area contributed by atoms with Gasteiger partial charge in [0.2, 0.25) is 0 Å². The van der Waals surface area contributed by atoms with E-state index in [4.69, 9.17) is 25.8 Å². The molecule has 0 amide bonds. The van der Waals surface area contributed by atoms with Gasteiger partial charge in [-0.15, -0.1) is 0 Å². The van der Waals surface area contributed by atoms with Gasteiger partial charge in [-0.2, -0.15) is 0 Å². The largest absolute Gasteiger partial charge is 0.493 e. The van der Waals surface area contributed by atoms with Crippen molar-refractivity contribution in [3.8, 4) is 11.5 Å². The minimum absolute atomic E-state index is 0.323. The van der Waals surface area contributed by atoms with Gasteiger partial charge in [-0.05, 0) is 36.6 Å². The molecule has 134 valence electrons. The Morgan fingerprint density at radius 2 is 2.04 bits per heavy atom. The summed E-state index contributed by atoms with van der Waals surface area (Å²) in [6, 6.07) is 13.6. The molecule has 1 atom stereocenters. The Kier molecular flexibility index (Phi) is 6.56. The van der Waals surface area contributed by atoms with Crippen LogP contribution in [0.1, 0.15) is 24.0 Å². The zero-order valence-electron chi connectivity index (χ0n) is 14.5. The minimum Gasteiger partial charge on any atom is -0.493 e. The number of nitrogens with one attached hydrogen (secondary N) is 1. The highest BCUT2D eigenvalue weighted by Gasteiger charge is 2.16. The molecule has 0 aromatic heterocycles. The zero-order chi connectivity index (χ0) is 17.5. The van der Waals surface area contributed by atoms with E-state index >= 15 is 0 Å². The first kappa shape index (κ1) is 18.1. The van der Waals surface area contributed by atoms with Crippen LogP contribution in [-0.2, 0) is 17.9 Å². The van der Waals surface area contributed by atoms with E-state index in [2.05, 4.69) is 11.4 Å². The van der Waals surface area contributed by atoms with Crippen LogP contribution in [0.5, 0.6) is 11.5 Å². The van der Waals surface area contributed by atoms with E-state index in [0.29, 0.717) is 19.3 Å². The van der Waals surface area contributed by atoms with Gasteiger partial charge in [0.15, 0.2) is 11.5 Å². The Hall–Kier alpha value is -1.75. The van der Waals surface area contributed by atoms with Gasteiger partial charge in [-0.1, -0.05) is 35.9 Å². The summed E-state index contributed by atoms with van der Waals surface area (Å²) in [4.78, 5) is 0. The van der Waals surface area contributed by atoms with Crippen LogP contribution in [0.15, 0.2) is 42.5 Å². The number of halogens is 1. The first-order valence-electron chi connectivity index (χ1n) is 8.61. The van der Waals surface area contributed by atoms with Gasteiger partial charge in [0.1, 0.15) is 6.61 Å². The van der Waals surface area contributed by atoms with Crippen molar-refractivity contribution in [2.45, 2.75) is 32.1 Å². The smallest absolute Gasteiger partial charge is 0.166 e. The minimum atomic E-state index is 0.323. The average molecular weight is 362 g/mol. The second-order valence-corrected chi connectivity index (χ2v) is 6.57. The molecule has 2 aromatic rings. The Morgan fingerprint density at radius 1 is 1.20 bits per heavy atom. The molecule has 0 aliphatic carbocycles. The molecular formula is C20H24ClNO3. The number of benzene rings is 2. The summed E-state index contributed by atoms with van der Waals surface area (Å²) in [6.45, 7) is 2.91. The van der Waals surface area contributed by atoms with Gasteiger partial charge in [0.25, 0.3) is 0 Å². The van der Waals surface area contributed by atoms with Gasteiger partial charge in [0.05, 0.1) is 13.2 Å². The number of ether oxygens (including phenoxy) is 3. The van der Waals surface area contributed by atoms with Gasteiger partial charge in [-0.25, -0.2) is 0 Å². The molecule has 1 fully saturated rings. The lowest BCUT2D eigenvalue weighted by Crippen LogP contribution is -2.26. The van der Waals surface area contributed by atoms with E-state index in [0.717, 1.165) is 53.6 Å². The van der Waals surface area contributed by atoms with E-state index in [9.17, 15) is 0 Å². The number of rotatable bonds is 8. The van der Waals surface area contributed by atoms with E-state index < -0.39 is 0 Å². The first-order chi connectivity index (χ1) is 12.3. The molecule has 0 spiro atoms. The van der Waals surface area contributed by atoms with Crippen LogP contribution in [0.25, 0.3) is 0 Å². The van der Waals surface area contributed by atoms with Crippen LogP contribution < -0.4 is 14.8 Å². The predicted molar refractivity (Wildman–Crippen MR) is 99.5 cm³/mol. The molecule has 0 saturated carbocycles. The molecule has 1 aliphatic heterocycles. The van der Waals surface area contributed by atoms with Crippen molar-refractivity contribution >= 4 is 11.6 Å². The maximum atomic E-state index is 6.07. The molecule has 1 N–H and O–H groups in total. The lowest BCUT2D eigenvalue weighted by Gasteiger charge is -2.17. The van der Waals surface area contributed by atoms with Gasteiger partial charge >= 0.3 is 0 Å². The Morgan fingerprint density at radius 3 is 2.76 bits per heavy atom. The second-order valence-electron chi connectivity index (χ2n) is 6.13. The average Bonchev–Trinajstić information content (AvgIpc) is 3.15. The molecule has 0 radical (unpaired) electrons.